The van der Waals surface area contributed by atoms with E-state index in [1.807, 2.05) is 18.2 Å². The Hall–Kier alpha value is -2.95. The maximum atomic E-state index is 12.5. The van der Waals surface area contributed by atoms with Gasteiger partial charge in [-0.2, -0.15) is 0 Å². The van der Waals surface area contributed by atoms with Crippen molar-refractivity contribution in [3.05, 3.63) is 59.2 Å². The lowest BCUT2D eigenvalue weighted by Crippen LogP contribution is -2.58. The molecule has 1 amide bonds. The number of hydrogen-bond donors (Lipinski definition) is 1. The molecule has 0 unspecified atom stereocenters. The van der Waals surface area contributed by atoms with Gasteiger partial charge >= 0.3 is 0 Å². The van der Waals surface area contributed by atoms with Gasteiger partial charge in [-0.15, -0.1) is 0 Å². The van der Waals surface area contributed by atoms with E-state index >= 15 is 0 Å². The Morgan fingerprint density at radius 2 is 1.97 bits per heavy atom. The molecule has 0 radical (unpaired) electrons. The van der Waals surface area contributed by atoms with Crippen molar-refractivity contribution in [1.29, 1.82) is 0 Å². The van der Waals surface area contributed by atoms with Crippen LogP contribution < -0.4 is 19.7 Å². The first-order valence-electron chi connectivity index (χ1n) is 10.5. The highest BCUT2D eigenvalue weighted by Gasteiger charge is 2.59. The van der Waals surface area contributed by atoms with Crippen LogP contribution in [0.5, 0.6) is 11.5 Å². The summed E-state index contributed by atoms with van der Waals surface area (Å²) in [6.45, 7) is 9.59. The molecule has 2 aliphatic heterocycles. The molecule has 158 valence electrons. The number of hydrogen-bond acceptors (Lipinski definition) is 4. The SMILES string of the molecule is CCCOc1ccc(C=C[C@]23NC(=O)CN2c2ccc(C)cc2C3(C)C)cc1OC. The summed E-state index contributed by atoms with van der Waals surface area (Å²) in [5, 5.41) is 3.27. The van der Waals surface area contributed by atoms with Gasteiger partial charge in [0.15, 0.2) is 11.5 Å². The lowest BCUT2D eigenvalue weighted by molar-refractivity contribution is -0.118. The third-order valence-electron chi connectivity index (χ3n) is 6.29. The molecular formula is C25H30N2O3. The Balaban J connectivity index is 1.72. The van der Waals surface area contributed by atoms with Crippen molar-refractivity contribution in [2.75, 3.05) is 25.2 Å². The number of methoxy groups -OCH3 is 1. The molecule has 1 N–H and O–H groups in total. The zero-order chi connectivity index (χ0) is 21.5. The molecule has 5 nitrogen and oxygen atoms in total. The van der Waals surface area contributed by atoms with Crippen LogP contribution in [0.4, 0.5) is 5.69 Å². The van der Waals surface area contributed by atoms with Crippen LogP contribution in [-0.2, 0) is 10.2 Å². The fourth-order valence-electron chi connectivity index (χ4n) is 4.62. The topological polar surface area (TPSA) is 50.8 Å². The van der Waals surface area contributed by atoms with Gasteiger partial charge in [-0.05, 0) is 48.7 Å². The lowest BCUT2D eigenvalue weighted by atomic mass is 9.75. The number of benzene rings is 2. The van der Waals surface area contributed by atoms with Gasteiger partial charge in [0.25, 0.3) is 0 Å². The molecule has 2 aromatic rings. The van der Waals surface area contributed by atoms with Crippen molar-refractivity contribution >= 4 is 17.7 Å². The molecular weight excluding hydrogens is 376 g/mol. The minimum atomic E-state index is -0.606. The third kappa shape index (κ3) is 3.04. The number of fused-ring (bicyclic) bond motifs is 3. The summed E-state index contributed by atoms with van der Waals surface area (Å²) in [5.41, 5.74) is 3.70. The highest BCUT2D eigenvalue weighted by molar-refractivity contribution is 5.91. The molecule has 0 aromatic heterocycles. The van der Waals surface area contributed by atoms with Crippen LogP contribution in [0.25, 0.3) is 6.08 Å². The average Bonchev–Trinajstić information content (AvgIpc) is 3.15. The first-order chi connectivity index (χ1) is 14.3. The van der Waals surface area contributed by atoms with Gasteiger partial charge in [-0.1, -0.05) is 50.6 Å². The molecule has 1 atom stereocenters. The Morgan fingerprint density at radius 3 is 2.70 bits per heavy atom. The highest BCUT2D eigenvalue weighted by atomic mass is 16.5. The van der Waals surface area contributed by atoms with E-state index in [1.165, 1.54) is 11.1 Å². The molecule has 0 saturated carbocycles. The number of nitrogens with zero attached hydrogens (tertiary/aromatic N) is 1. The van der Waals surface area contributed by atoms with E-state index < -0.39 is 5.66 Å². The molecule has 4 rings (SSSR count). The second-order valence-electron chi connectivity index (χ2n) is 8.64. The molecule has 30 heavy (non-hydrogen) atoms. The van der Waals surface area contributed by atoms with Gasteiger partial charge in [-0.25, -0.2) is 0 Å². The molecule has 5 heteroatoms. The molecule has 2 aliphatic rings. The van der Waals surface area contributed by atoms with Gasteiger partial charge in [0, 0.05) is 11.1 Å². The molecule has 0 spiro atoms. The van der Waals surface area contributed by atoms with Crippen molar-refractivity contribution in [3.63, 3.8) is 0 Å². The quantitative estimate of drug-likeness (QED) is 0.771. The number of aryl methyl sites for hydroxylation is 1. The van der Waals surface area contributed by atoms with Gasteiger partial charge in [0.1, 0.15) is 5.66 Å². The van der Waals surface area contributed by atoms with Crippen LogP contribution in [0.3, 0.4) is 0 Å². The summed E-state index contributed by atoms with van der Waals surface area (Å²) in [6.07, 6.45) is 5.12. The molecule has 2 aromatic carbocycles. The van der Waals surface area contributed by atoms with Crippen molar-refractivity contribution in [3.8, 4) is 11.5 Å². The van der Waals surface area contributed by atoms with E-state index in [9.17, 15) is 4.79 Å². The van der Waals surface area contributed by atoms with E-state index in [0.717, 1.165) is 23.4 Å². The normalized spacial score (nSPS) is 21.5. The fraction of sp³-hybridized carbons (Fsp3) is 0.400. The number of rotatable bonds is 6. The van der Waals surface area contributed by atoms with E-state index in [1.54, 1.807) is 7.11 Å². The van der Waals surface area contributed by atoms with Crippen LogP contribution in [0.1, 0.15) is 43.9 Å². The third-order valence-corrected chi connectivity index (χ3v) is 6.29. The van der Waals surface area contributed by atoms with Crippen LogP contribution in [0.2, 0.25) is 0 Å². The van der Waals surface area contributed by atoms with Crippen molar-refractivity contribution in [2.45, 2.75) is 45.2 Å². The van der Waals surface area contributed by atoms with Crippen molar-refractivity contribution < 1.29 is 14.3 Å². The minimum Gasteiger partial charge on any atom is -0.493 e. The van der Waals surface area contributed by atoms with E-state index in [2.05, 4.69) is 68.3 Å². The summed E-state index contributed by atoms with van der Waals surface area (Å²) in [4.78, 5) is 14.7. The first-order valence-corrected chi connectivity index (χ1v) is 10.5. The molecule has 2 heterocycles. The second kappa shape index (κ2) is 7.38. The summed E-state index contributed by atoms with van der Waals surface area (Å²) in [5.74, 6) is 1.49. The first kappa shape index (κ1) is 20.3. The zero-order valence-electron chi connectivity index (χ0n) is 18.4. The van der Waals surface area contributed by atoms with Crippen LogP contribution in [-0.4, -0.2) is 31.8 Å². The lowest BCUT2D eigenvalue weighted by Gasteiger charge is -2.40. The standard InChI is InChI=1S/C25H30N2O3/c1-6-13-30-21-10-8-18(15-22(21)29-5)11-12-25-24(3,4)19-14-17(2)7-9-20(19)27(25)16-23(28)26-25/h7-12,14-15H,6,13,16H2,1-5H3,(H,26,28)/t25-/m0/s1. The van der Waals surface area contributed by atoms with Gasteiger partial charge in [0.05, 0.1) is 20.3 Å². The van der Waals surface area contributed by atoms with E-state index in [-0.39, 0.29) is 11.3 Å². The Kier molecular flexibility index (Phi) is 5.00. The summed E-state index contributed by atoms with van der Waals surface area (Å²) in [7, 11) is 1.65. The largest absolute Gasteiger partial charge is 0.493 e. The van der Waals surface area contributed by atoms with Gasteiger partial charge < -0.3 is 19.7 Å². The smallest absolute Gasteiger partial charge is 0.241 e. The molecule has 0 bridgehead atoms. The highest BCUT2D eigenvalue weighted by Crippen LogP contribution is 2.53. The molecule has 0 aliphatic carbocycles. The van der Waals surface area contributed by atoms with E-state index in [4.69, 9.17) is 9.47 Å². The predicted octanol–water partition coefficient (Wildman–Crippen LogP) is 4.43. The summed E-state index contributed by atoms with van der Waals surface area (Å²) >= 11 is 0. The number of anilines is 1. The van der Waals surface area contributed by atoms with Crippen molar-refractivity contribution in [1.82, 2.24) is 5.32 Å². The maximum Gasteiger partial charge on any atom is 0.241 e. The minimum absolute atomic E-state index is 0.0415. The Bertz CT molecular complexity index is 1010. The average molecular weight is 407 g/mol. The molecule has 1 saturated heterocycles. The van der Waals surface area contributed by atoms with Crippen molar-refractivity contribution in [2.24, 2.45) is 0 Å². The number of ether oxygens (including phenoxy) is 2. The van der Waals surface area contributed by atoms with Gasteiger partial charge in [0.2, 0.25) is 5.91 Å². The molecule has 1 fully saturated rings. The number of carbonyl (C=O) groups is 1. The number of nitrogens with one attached hydrogen (secondary N) is 1. The monoisotopic (exact) mass is 406 g/mol. The predicted molar refractivity (Wildman–Crippen MR) is 120 cm³/mol. The number of carbonyl (C=O) groups excluding carboxylic acids is 1. The van der Waals surface area contributed by atoms with Gasteiger partial charge in [-0.3, -0.25) is 4.79 Å². The summed E-state index contributed by atoms with van der Waals surface area (Å²) in [6, 6.07) is 12.4. The van der Waals surface area contributed by atoms with Crippen LogP contribution >= 0.6 is 0 Å². The van der Waals surface area contributed by atoms with Crippen LogP contribution in [0, 0.1) is 6.92 Å². The summed E-state index contributed by atoms with van der Waals surface area (Å²) < 4.78 is 11.3. The fourth-order valence-corrected chi connectivity index (χ4v) is 4.62. The van der Waals surface area contributed by atoms with Crippen LogP contribution in [0.15, 0.2) is 42.5 Å². The maximum absolute atomic E-state index is 12.5. The second-order valence-corrected chi connectivity index (χ2v) is 8.64. The zero-order valence-corrected chi connectivity index (χ0v) is 18.4. The Labute approximate surface area is 178 Å². The Morgan fingerprint density at radius 1 is 1.17 bits per heavy atom. The van der Waals surface area contributed by atoms with E-state index in [0.29, 0.717) is 18.9 Å². The number of amides is 1.